The molecule has 23 nitrogen and oxygen atoms in total. The van der Waals surface area contributed by atoms with Crippen molar-refractivity contribution >= 4 is 59.4 Å². The highest BCUT2D eigenvalue weighted by atomic mass is 31.3. The van der Waals surface area contributed by atoms with E-state index in [-0.39, 0.29) is 34.5 Å². The third kappa shape index (κ3) is 8.50. The smallest absolute Gasteiger partial charge is 0.423 e. The van der Waals surface area contributed by atoms with Crippen LogP contribution in [0.25, 0.3) is 22.1 Å². The summed E-state index contributed by atoms with van der Waals surface area (Å²) in [5.41, 5.74) is 4.57. The topological polar surface area (TPSA) is 345 Å². The van der Waals surface area contributed by atoms with Gasteiger partial charge >= 0.3 is 36.9 Å². The minimum absolute atomic E-state index is 0.00439. The monoisotopic (exact) mass is 745 g/mol. The number of benzene rings is 1. The summed E-state index contributed by atoms with van der Waals surface area (Å²) in [6.45, 7) is 0.549. The van der Waals surface area contributed by atoms with Crippen LogP contribution in [0.1, 0.15) is 18.2 Å². The molecule has 0 bridgehead atoms. The Morgan fingerprint density at radius 1 is 1.02 bits per heavy atom. The zero-order valence-corrected chi connectivity index (χ0v) is 26.9. The standard InChI is InChI=1S/C20H23N5O18P4/c1-9-4-16(27)39-13-3-2-10(5-11(9)13)40-45(31,32)42-47(35,36)43-46(33,34)41-44(29,30)37-7-14-12(26)6-15(38-14)25-8-22-17-18(25)23-20(21)24-19(17)28/h2-5,8,12,14-15,26H,6-7H2,1H3,(H,29,30)(H,31,32)(H,33,34)(H,35,36)(H3,21,23,24,28)/t12?,14-,15?/m1/s1. The van der Waals surface area contributed by atoms with E-state index in [0.29, 0.717) is 5.56 Å². The Morgan fingerprint density at radius 2 is 1.68 bits per heavy atom. The summed E-state index contributed by atoms with van der Waals surface area (Å²) in [6.07, 6.45) is -2.78. The van der Waals surface area contributed by atoms with Crippen LogP contribution in [0.3, 0.4) is 0 Å². The second-order valence-corrected chi connectivity index (χ2v) is 15.8. The lowest BCUT2D eigenvalue weighted by Gasteiger charge is -2.21. The molecule has 4 aromatic rings. The van der Waals surface area contributed by atoms with Gasteiger partial charge in [0.2, 0.25) is 5.95 Å². The van der Waals surface area contributed by atoms with Gasteiger partial charge in [0.05, 0.1) is 19.0 Å². The first-order valence-electron chi connectivity index (χ1n) is 12.6. The van der Waals surface area contributed by atoms with Gasteiger partial charge < -0.3 is 39.2 Å². The van der Waals surface area contributed by atoms with E-state index >= 15 is 0 Å². The normalized spacial score (nSPS) is 23.6. The lowest BCUT2D eigenvalue weighted by Crippen LogP contribution is -2.26. The number of aliphatic hydroxyl groups excluding tert-OH is 1. The number of nitrogen functional groups attached to an aromatic ring is 1. The molecule has 0 radical (unpaired) electrons. The number of nitrogens with zero attached hydrogens (tertiary/aromatic N) is 3. The van der Waals surface area contributed by atoms with Gasteiger partial charge in [-0.15, -0.1) is 0 Å². The van der Waals surface area contributed by atoms with Crippen LogP contribution in [0.2, 0.25) is 0 Å². The number of aromatic nitrogens is 4. The summed E-state index contributed by atoms with van der Waals surface area (Å²) in [5, 5.41) is 10.6. The Hall–Kier alpha value is -3.10. The molecule has 8 N–H and O–H groups in total. The first kappa shape index (κ1) is 35.2. The molecular formula is C20H23N5O18P4. The highest BCUT2D eigenvalue weighted by Gasteiger charge is 2.47. The number of imidazole rings is 1. The predicted molar refractivity (Wildman–Crippen MR) is 153 cm³/mol. The predicted octanol–water partition coefficient (Wildman–Crippen LogP) is 1.31. The minimum atomic E-state index is -6.09. The number of aryl methyl sites for hydroxylation is 1. The molecule has 6 unspecified atom stereocenters. The van der Waals surface area contributed by atoms with Gasteiger partial charge in [-0.3, -0.25) is 23.8 Å². The summed E-state index contributed by atoms with van der Waals surface area (Å²) < 4.78 is 81.9. The summed E-state index contributed by atoms with van der Waals surface area (Å²) >= 11 is 0. The number of H-pyrrole nitrogens is 1. The molecule has 256 valence electrons. The largest absolute Gasteiger partial charge is 0.536 e. The van der Waals surface area contributed by atoms with Crippen molar-refractivity contribution in [3.63, 3.8) is 0 Å². The van der Waals surface area contributed by atoms with Gasteiger partial charge in [0.25, 0.3) is 5.56 Å². The van der Waals surface area contributed by atoms with E-state index in [0.717, 1.165) is 18.2 Å². The number of hydrogen-bond acceptors (Lipinski definition) is 17. The van der Waals surface area contributed by atoms with Crippen molar-refractivity contribution in [1.29, 1.82) is 0 Å². The molecule has 47 heavy (non-hydrogen) atoms. The number of aromatic amines is 1. The van der Waals surface area contributed by atoms with E-state index in [1.807, 2.05) is 0 Å². The molecule has 0 aliphatic carbocycles. The van der Waals surface area contributed by atoms with Crippen molar-refractivity contribution in [2.45, 2.75) is 31.8 Å². The fourth-order valence-corrected chi connectivity index (χ4v) is 9.25. The Bertz CT molecular complexity index is 2170. The number of phosphoric acid groups is 4. The van der Waals surface area contributed by atoms with Gasteiger partial charge in [-0.2, -0.15) is 17.9 Å². The molecule has 1 fully saturated rings. The van der Waals surface area contributed by atoms with Crippen LogP contribution in [-0.2, 0) is 40.5 Å². The number of ether oxygens (including phenoxy) is 1. The zero-order valence-electron chi connectivity index (χ0n) is 23.3. The molecule has 4 heterocycles. The number of phosphoric ester groups is 2. The van der Waals surface area contributed by atoms with Crippen molar-refractivity contribution < 1.29 is 74.1 Å². The number of aliphatic hydroxyl groups is 1. The van der Waals surface area contributed by atoms with Gasteiger partial charge in [-0.1, -0.05) is 0 Å². The number of nitrogens with one attached hydrogen (secondary N) is 1. The second-order valence-electron chi connectivity index (χ2n) is 9.62. The molecule has 0 amide bonds. The third-order valence-corrected chi connectivity index (χ3v) is 12.0. The molecule has 1 aliphatic rings. The van der Waals surface area contributed by atoms with Gasteiger partial charge in [-0.05, 0) is 30.7 Å². The molecule has 0 spiro atoms. The molecule has 1 aromatic carbocycles. The van der Waals surface area contributed by atoms with E-state index in [4.69, 9.17) is 14.9 Å². The second kappa shape index (κ2) is 12.7. The molecule has 1 saturated heterocycles. The van der Waals surface area contributed by atoms with Crippen LogP contribution in [0, 0.1) is 6.92 Å². The lowest BCUT2D eigenvalue weighted by molar-refractivity contribution is -0.0423. The number of rotatable bonds is 12. The Balaban J connectivity index is 1.18. The maximum absolute atomic E-state index is 12.4. The molecular weight excluding hydrogens is 722 g/mol. The summed E-state index contributed by atoms with van der Waals surface area (Å²) in [5.74, 6) is -0.674. The Labute approximate surface area is 259 Å². The summed E-state index contributed by atoms with van der Waals surface area (Å²) in [7, 11) is -23.4. The first-order chi connectivity index (χ1) is 21.7. The van der Waals surface area contributed by atoms with Crippen molar-refractivity contribution in [2.75, 3.05) is 12.3 Å². The van der Waals surface area contributed by atoms with Crippen molar-refractivity contribution in [3.8, 4) is 5.75 Å². The van der Waals surface area contributed by atoms with Crippen LogP contribution in [-0.4, -0.2) is 63.0 Å². The summed E-state index contributed by atoms with van der Waals surface area (Å²) in [4.78, 5) is 73.0. The summed E-state index contributed by atoms with van der Waals surface area (Å²) in [6, 6.07) is 4.42. The zero-order chi connectivity index (χ0) is 34.5. The molecule has 1 aliphatic heterocycles. The average Bonchev–Trinajstić information content (AvgIpc) is 3.48. The van der Waals surface area contributed by atoms with Crippen LogP contribution < -0.4 is 21.4 Å². The number of anilines is 1. The quantitative estimate of drug-likeness (QED) is 0.0793. The Morgan fingerprint density at radius 3 is 2.38 bits per heavy atom. The van der Waals surface area contributed by atoms with Gasteiger partial charge in [-0.25, -0.2) is 28.0 Å². The highest BCUT2D eigenvalue weighted by Crippen LogP contribution is 2.71. The fourth-order valence-electron chi connectivity index (χ4n) is 4.31. The van der Waals surface area contributed by atoms with E-state index < -0.39 is 73.3 Å². The van der Waals surface area contributed by atoms with Crippen LogP contribution >= 0.6 is 31.3 Å². The van der Waals surface area contributed by atoms with Crippen molar-refractivity contribution in [2.24, 2.45) is 0 Å². The van der Waals surface area contributed by atoms with Crippen molar-refractivity contribution in [3.05, 3.63) is 56.9 Å². The molecule has 7 atom stereocenters. The van der Waals surface area contributed by atoms with Crippen LogP contribution in [0.5, 0.6) is 5.75 Å². The molecule has 0 saturated carbocycles. The first-order valence-corrected chi connectivity index (χ1v) is 18.6. The number of fused-ring (bicyclic) bond motifs is 2. The minimum Gasteiger partial charge on any atom is -0.423 e. The highest BCUT2D eigenvalue weighted by molar-refractivity contribution is 7.69. The maximum Gasteiger partial charge on any atom is 0.536 e. The average molecular weight is 745 g/mol. The third-order valence-electron chi connectivity index (χ3n) is 6.13. The maximum atomic E-state index is 12.4. The van der Waals surface area contributed by atoms with E-state index in [2.05, 4.69) is 36.9 Å². The van der Waals surface area contributed by atoms with Gasteiger partial charge in [0.15, 0.2) is 11.2 Å². The van der Waals surface area contributed by atoms with E-state index in [9.17, 15) is 52.5 Å². The SMILES string of the molecule is Cc1cc(=O)oc2ccc(OP(=O)(O)OP(=O)(O)OP(=O)(O)OP(=O)(O)OC[C@H]3OC(n4cnc5c(=O)[nH]c(N)nc54)CC3O)cc12. The van der Waals surface area contributed by atoms with Gasteiger partial charge in [0, 0.05) is 17.9 Å². The van der Waals surface area contributed by atoms with Crippen LogP contribution in [0.4, 0.5) is 5.95 Å². The van der Waals surface area contributed by atoms with Gasteiger partial charge in [0.1, 0.15) is 23.7 Å². The molecule has 3 aromatic heterocycles. The molecule has 5 rings (SSSR count). The lowest BCUT2D eigenvalue weighted by atomic mass is 10.1. The Kier molecular flexibility index (Phi) is 9.54. The number of nitrogens with two attached hydrogens (primary N) is 1. The van der Waals surface area contributed by atoms with E-state index in [1.54, 1.807) is 0 Å². The number of hydrogen-bond donors (Lipinski definition) is 7. The molecule has 27 heteroatoms. The van der Waals surface area contributed by atoms with Crippen molar-refractivity contribution in [1.82, 2.24) is 19.5 Å². The van der Waals surface area contributed by atoms with Crippen LogP contribution in [0.15, 0.2) is 44.6 Å². The fraction of sp³-hybridized carbons (Fsp3) is 0.300. The van der Waals surface area contributed by atoms with E-state index in [1.165, 1.54) is 23.9 Å².